The lowest BCUT2D eigenvalue weighted by Gasteiger charge is -2.20. The van der Waals surface area contributed by atoms with Crippen molar-refractivity contribution in [3.8, 4) is 0 Å². The molecule has 4 nitrogen and oxygen atoms in total. The first kappa shape index (κ1) is 17.3. The fourth-order valence-electron chi connectivity index (χ4n) is 4.12. The summed E-state index contributed by atoms with van der Waals surface area (Å²) in [6, 6.07) is 14.7. The standard InChI is InChI=1S/C22H26N2O2/c1-24(2)21-10-7-17-13-19(8-9-20(17)21)23-22(25)16-5-3-15(4-6-16)18-11-12-26-14-18/h3-6,8-9,13,18,21H,7,10-12,14H2,1-2H3,(H,23,25). The molecule has 2 aliphatic rings. The number of anilines is 1. The van der Waals surface area contributed by atoms with Crippen LogP contribution in [0.15, 0.2) is 42.5 Å². The van der Waals surface area contributed by atoms with Gasteiger partial charge in [-0.25, -0.2) is 0 Å². The third-order valence-electron chi connectivity index (χ3n) is 5.64. The van der Waals surface area contributed by atoms with Crippen molar-refractivity contribution >= 4 is 11.6 Å². The highest BCUT2D eigenvalue weighted by atomic mass is 16.5. The van der Waals surface area contributed by atoms with Crippen LogP contribution in [-0.4, -0.2) is 38.1 Å². The summed E-state index contributed by atoms with van der Waals surface area (Å²) in [4.78, 5) is 14.8. The molecule has 2 atom stereocenters. The minimum atomic E-state index is -0.0543. The van der Waals surface area contributed by atoms with Gasteiger partial charge in [0, 0.05) is 29.8 Å². The van der Waals surface area contributed by atoms with Gasteiger partial charge in [0.25, 0.3) is 5.91 Å². The molecule has 4 rings (SSSR count). The number of amides is 1. The second-order valence-corrected chi connectivity index (χ2v) is 7.57. The van der Waals surface area contributed by atoms with Gasteiger partial charge in [-0.2, -0.15) is 0 Å². The van der Waals surface area contributed by atoms with Crippen LogP contribution in [0.1, 0.15) is 51.8 Å². The Hall–Kier alpha value is -2.17. The summed E-state index contributed by atoms with van der Waals surface area (Å²) in [6.07, 6.45) is 3.28. The van der Waals surface area contributed by atoms with Gasteiger partial charge in [-0.1, -0.05) is 18.2 Å². The molecule has 1 saturated heterocycles. The van der Waals surface area contributed by atoms with E-state index in [-0.39, 0.29) is 5.91 Å². The van der Waals surface area contributed by atoms with E-state index in [2.05, 4.69) is 48.6 Å². The number of nitrogens with one attached hydrogen (secondary N) is 1. The summed E-state index contributed by atoms with van der Waals surface area (Å²) < 4.78 is 5.44. The maximum atomic E-state index is 12.6. The SMILES string of the molecule is CN(C)C1CCc2cc(NC(=O)c3ccc(C4CCOC4)cc3)ccc21. The molecule has 1 aliphatic carbocycles. The quantitative estimate of drug-likeness (QED) is 0.906. The first-order valence-electron chi connectivity index (χ1n) is 9.40. The molecular formula is C22H26N2O2. The van der Waals surface area contributed by atoms with Crippen LogP contribution >= 0.6 is 0 Å². The lowest BCUT2D eigenvalue weighted by atomic mass is 9.97. The molecule has 2 aromatic rings. The molecule has 136 valence electrons. The Morgan fingerprint density at radius 3 is 2.62 bits per heavy atom. The molecule has 1 fully saturated rings. The molecule has 1 heterocycles. The zero-order chi connectivity index (χ0) is 18.1. The van der Waals surface area contributed by atoms with Crippen LogP contribution in [0.5, 0.6) is 0 Å². The highest BCUT2D eigenvalue weighted by Gasteiger charge is 2.24. The Balaban J connectivity index is 1.45. The highest BCUT2D eigenvalue weighted by Crippen LogP contribution is 2.35. The molecular weight excluding hydrogens is 324 g/mol. The van der Waals surface area contributed by atoms with E-state index < -0.39 is 0 Å². The van der Waals surface area contributed by atoms with Crippen molar-refractivity contribution in [2.24, 2.45) is 0 Å². The Bertz CT molecular complexity index is 792. The average Bonchev–Trinajstić information content (AvgIpc) is 3.31. The summed E-state index contributed by atoms with van der Waals surface area (Å²) in [5.74, 6) is 0.412. The van der Waals surface area contributed by atoms with E-state index in [0.29, 0.717) is 17.5 Å². The first-order valence-corrected chi connectivity index (χ1v) is 9.40. The molecule has 1 N–H and O–H groups in total. The maximum Gasteiger partial charge on any atom is 0.255 e. The predicted octanol–water partition coefficient (Wildman–Crippen LogP) is 3.99. The minimum absolute atomic E-state index is 0.0543. The summed E-state index contributed by atoms with van der Waals surface area (Å²) in [5, 5.41) is 3.04. The number of hydrogen-bond donors (Lipinski definition) is 1. The summed E-state index contributed by atoms with van der Waals surface area (Å²) in [6.45, 7) is 1.62. The molecule has 0 aromatic heterocycles. The van der Waals surface area contributed by atoms with Gasteiger partial charge >= 0.3 is 0 Å². The lowest BCUT2D eigenvalue weighted by molar-refractivity contribution is 0.102. The van der Waals surface area contributed by atoms with Crippen LogP contribution in [0.2, 0.25) is 0 Å². The van der Waals surface area contributed by atoms with Gasteiger partial charge in [0.2, 0.25) is 0 Å². The molecule has 0 radical (unpaired) electrons. The van der Waals surface area contributed by atoms with E-state index in [1.54, 1.807) is 0 Å². The number of hydrogen-bond acceptors (Lipinski definition) is 3. The highest BCUT2D eigenvalue weighted by molar-refractivity contribution is 6.04. The summed E-state index contributed by atoms with van der Waals surface area (Å²) >= 11 is 0. The van der Waals surface area contributed by atoms with Gasteiger partial charge in [0.05, 0.1) is 6.61 Å². The van der Waals surface area contributed by atoms with Crippen molar-refractivity contribution in [2.45, 2.75) is 31.2 Å². The van der Waals surface area contributed by atoms with Crippen LogP contribution in [0.25, 0.3) is 0 Å². The smallest absolute Gasteiger partial charge is 0.255 e. The third-order valence-corrected chi connectivity index (χ3v) is 5.64. The van der Waals surface area contributed by atoms with Crippen molar-refractivity contribution in [2.75, 3.05) is 32.6 Å². The Labute approximate surface area is 155 Å². The molecule has 26 heavy (non-hydrogen) atoms. The van der Waals surface area contributed by atoms with Crippen LogP contribution in [-0.2, 0) is 11.2 Å². The normalized spacial score (nSPS) is 21.8. The van der Waals surface area contributed by atoms with Gasteiger partial charge in [-0.15, -0.1) is 0 Å². The number of rotatable bonds is 4. The van der Waals surface area contributed by atoms with Crippen molar-refractivity contribution in [3.63, 3.8) is 0 Å². The van der Waals surface area contributed by atoms with Gasteiger partial charge < -0.3 is 15.0 Å². The molecule has 2 unspecified atom stereocenters. The zero-order valence-electron chi connectivity index (χ0n) is 15.5. The number of benzene rings is 2. The van der Waals surface area contributed by atoms with Gasteiger partial charge in [0.15, 0.2) is 0 Å². The molecule has 2 aromatic carbocycles. The topological polar surface area (TPSA) is 41.6 Å². The Kier molecular flexibility index (Phi) is 4.79. The first-order chi connectivity index (χ1) is 12.6. The van der Waals surface area contributed by atoms with E-state index >= 15 is 0 Å². The number of aryl methyl sites for hydroxylation is 1. The fraction of sp³-hybridized carbons (Fsp3) is 0.409. The zero-order valence-corrected chi connectivity index (χ0v) is 15.5. The Morgan fingerprint density at radius 1 is 1.12 bits per heavy atom. The van der Waals surface area contributed by atoms with Crippen LogP contribution in [0, 0.1) is 0 Å². The predicted molar refractivity (Wildman–Crippen MR) is 104 cm³/mol. The van der Waals surface area contributed by atoms with E-state index in [4.69, 9.17) is 4.74 Å². The molecule has 1 aliphatic heterocycles. The molecule has 0 spiro atoms. The van der Waals surface area contributed by atoms with E-state index in [1.807, 2.05) is 18.2 Å². The second-order valence-electron chi connectivity index (χ2n) is 7.57. The number of carbonyl (C=O) groups excluding carboxylic acids is 1. The molecule has 0 bridgehead atoms. The van der Waals surface area contributed by atoms with E-state index in [9.17, 15) is 4.79 Å². The number of ether oxygens (including phenoxy) is 1. The molecule has 1 amide bonds. The summed E-state index contributed by atoms with van der Waals surface area (Å²) in [5.41, 5.74) is 5.56. The number of fused-ring (bicyclic) bond motifs is 1. The lowest BCUT2D eigenvalue weighted by Crippen LogP contribution is -2.17. The Morgan fingerprint density at radius 2 is 1.92 bits per heavy atom. The van der Waals surface area contributed by atoms with Crippen LogP contribution in [0.3, 0.4) is 0 Å². The molecule has 0 saturated carbocycles. The van der Waals surface area contributed by atoms with Gasteiger partial charge in [-0.05, 0) is 74.3 Å². The number of carbonyl (C=O) groups is 1. The van der Waals surface area contributed by atoms with Gasteiger partial charge in [0.1, 0.15) is 0 Å². The summed E-state index contributed by atoms with van der Waals surface area (Å²) in [7, 11) is 4.24. The number of nitrogens with zero attached hydrogens (tertiary/aromatic N) is 1. The monoisotopic (exact) mass is 350 g/mol. The van der Waals surface area contributed by atoms with Crippen molar-refractivity contribution < 1.29 is 9.53 Å². The van der Waals surface area contributed by atoms with Crippen molar-refractivity contribution in [1.82, 2.24) is 4.90 Å². The average molecular weight is 350 g/mol. The van der Waals surface area contributed by atoms with Crippen LogP contribution < -0.4 is 5.32 Å². The minimum Gasteiger partial charge on any atom is -0.381 e. The third kappa shape index (κ3) is 3.39. The van der Waals surface area contributed by atoms with Crippen molar-refractivity contribution in [1.29, 1.82) is 0 Å². The van der Waals surface area contributed by atoms with Crippen molar-refractivity contribution in [3.05, 3.63) is 64.7 Å². The van der Waals surface area contributed by atoms with Crippen LogP contribution in [0.4, 0.5) is 5.69 Å². The van der Waals surface area contributed by atoms with E-state index in [1.165, 1.54) is 16.7 Å². The van der Waals surface area contributed by atoms with Gasteiger partial charge in [-0.3, -0.25) is 4.79 Å². The second kappa shape index (κ2) is 7.22. The van der Waals surface area contributed by atoms with E-state index in [0.717, 1.165) is 38.2 Å². The fourth-order valence-corrected chi connectivity index (χ4v) is 4.12. The maximum absolute atomic E-state index is 12.6. The molecule has 4 heteroatoms. The largest absolute Gasteiger partial charge is 0.381 e.